The Balaban J connectivity index is 1.86. The van der Waals surface area contributed by atoms with Crippen LogP contribution >= 0.6 is 0 Å². The molecule has 2 N–H and O–H groups in total. The summed E-state index contributed by atoms with van der Waals surface area (Å²) in [5, 5.41) is 6.85. The Kier molecular flexibility index (Phi) is 7.14. The molecule has 7 heteroatoms. The van der Waals surface area contributed by atoms with E-state index in [0.717, 1.165) is 25.3 Å². The van der Waals surface area contributed by atoms with Crippen LogP contribution in [0.25, 0.3) is 0 Å². The molecule has 1 saturated heterocycles. The number of rotatable bonds is 7. The number of sulfonamides is 1. The van der Waals surface area contributed by atoms with Gasteiger partial charge in [-0.15, -0.1) is 0 Å². The van der Waals surface area contributed by atoms with Crippen molar-refractivity contribution in [3.63, 3.8) is 0 Å². The first-order valence-corrected chi connectivity index (χ1v) is 11.5. The standard InChI is InChI=1S/C18H36N4O2S/c1-15(2)12-18(9-5-6-10-18)14-21-17(19-3)20-13-16-8-7-11-22(16)25(4,23)24/h15-16H,5-14H2,1-4H3,(H2,19,20,21)/t16-/m1/s1. The highest BCUT2D eigenvalue weighted by Gasteiger charge is 2.35. The molecule has 0 unspecified atom stereocenters. The lowest BCUT2D eigenvalue weighted by atomic mass is 9.78. The van der Waals surface area contributed by atoms with Crippen LogP contribution < -0.4 is 10.6 Å². The molecule has 146 valence electrons. The zero-order valence-electron chi connectivity index (χ0n) is 16.3. The largest absolute Gasteiger partial charge is 0.356 e. The molecule has 1 aliphatic heterocycles. The average Bonchev–Trinajstić information content (AvgIpc) is 3.16. The molecule has 25 heavy (non-hydrogen) atoms. The van der Waals surface area contributed by atoms with Gasteiger partial charge >= 0.3 is 0 Å². The topological polar surface area (TPSA) is 73.8 Å². The van der Waals surface area contributed by atoms with Crippen LogP contribution in [0, 0.1) is 11.3 Å². The highest BCUT2D eigenvalue weighted by Crippen LogP contribution is 2.42. The normalized spacial score (nSPS) is 24.8. The molecule has 0 aromatic heterocycles. The van der Waals surface area contributed by atoms with Crippen LogP contribution in [0.3, 0.4) is 0 Å². The quantitative estimate of drug-likeness (QED) is 0.531. The Morgan fingerprint density at radius 1 is 1.24 bits per heavy atom. The molecule has 2 fully saturated rings. The molecule has 0 aromatic rings. The van der Waals surface area contributed by atoms with Crippen molar-refractivity contribution in [2.24, 2.45) is 16.3 Å². The summed E-state index contributed by atoms with van der Waals surface area (Å²) >= 11 is 0. The fourth-order valence-corrected chi connectivity index (χ4v) is 5.78. The number of guanidine groups is 1. The molecular weight excluding hydrogens is 336 g/mol. The predicted molar refractivity (Wildman–Crippen MR) is 104 cm³/mol. The van der Waals surface area contributed by atoms with Crippen LogP contribution in [-0.2, 0) is 10.0 Å². The molecule has 0 spiro atoms. The summed E-state index contributed by atoms with van der Waals surface area (Å²) in [4.78, 5) is 4.33. The van der Waals surface area contributed by atoms with Gasteiger partial charge in [-0.1, -0.05) is 26.7 Å². The van der Waals surface area contributed by atoms with Crippen molar-refractivity contribution in [2.75, 3.05) is 32.9 Å². The first-order chi connectivity index (χ1) is 11.8. The lowest BCUT2D eigenvalue weighted by Crippen LogP contribution is -2.48. The number of hydrogen-bond acceptors (Lipinski definition) is 3. The molecule has 0 amide bonds. The second kappa shape index (κ2) is 8.71. The highest BCUT2D eigenvalue weighted by atomic mass is 32.2. The van der Waals surface area contributed by atoms with E-state index in [1.807, 2.05) is 0 Å². The van der Waals surface area contributed by atoms with Crippen molar-refractivity contribution >= 4 is 16.0 Å². The van der Waals surface area contributed by atoms with Crippen LogP contribution in [0.4, 0.5) is 0 Å². The summed E-state index contributed by atoms with van der Waals surface area (Å²) in [5.41, 5.74) is 0.387. The molecule has 6 nitrogen and oxygen atoms in total. The van der Waals surface area contributed by atoms with E-state index in [-0.39, 0.29) is 6.04 Å². The smallest absolute Gasteiger partial charge is 0.211 e. The molecule has 2 aliphatic rings. The monoisotopic (exact) mass is 372 g/mol. The summed E-state index contributed by atoms with van der Waals surface area (Å²) in [6, 6.07) is 0.0321. The summed E-state index contributed by atoms with van der Waals surface area (Å²) in [6.45, 7) is 6.80. The molecule has 0 aromatic carbocycles. The molecule has 1 aliphatic carbocycles. The van der Waals surface area contributed by atoms with Gasteiger partial charge in [0, 0.05) is 32.7 Å². The molecule has 0 bridgehead atoms. The summed E-state index contributed by atoms with van der Waals surface area (Å²) in [7, 11) is -1.34. The molecule has 0 radical (unpaired) electrons. The van der Waals surface area contributed by atoms with E-state index in [1.54, 1.807) is 11.4 Å². The van der Waals surface area contributed by atoms with Gasteiger partial charge in [0.2, 0.25) is 10.0 Å². The van der Waals surface area contributed by atoms with Crippen LogP contribution in [0.2, 0.25) is 0 Å². The van der Waals surface area contributed by atoms with E-state index in [1.165, 1.54) is 38.4 Å². The fraction of sp³-hybridized carbons (Fsp3) is 0.944. The molecule has 1 heterocycles. The molecular formula is C18H36N4O2S. The first kappa shape index (κ1) is 20.5. The van der Waals surface area contributed by atoms with Gasteiger partial charge in [0.15, 0.2) is 5.96 Å². The summed E-state index contributed by atoms with van der Waals surface area (Å²) in [6.07, 6.45) is 9.63. The van der Waals surface area contributed by atoms with Gasteiger partial charge in [0.05, 0.1) is 6.26 Å². The van der Waals surface area contributed by atoms with Gasteiger partial charge in [-0.2, -0.15) is 4.31 Å². The minimum atomic E-state index is -3.12. The Morgan fingerprint density at radius 2 is 1.92 bits per heavy atom. The Labute approximate surface area is 153 Å². The van der Waals surface area contributed by atoms with E-state index in [0.29, 0.717) is 24.4 Å². The predicted octanol–water partition coefficient (Wildman–Crippen LogP) is 2.18. The number of nitrogens with zero attached hydrogens (tertiary/aromatic N) is 2. The molecule has 2 rings (SSSR count). The Bertz CT molecular complexity index is 553. The maximum absolute atomic E-state index is 11.9. The van der Waals surface area contributed by atoms with E-state index >= 15 is 0 Å². The van der Waals surface area contributed by atoms with Crippen molar-refractivity contribution in [2.45, 2.75) is 64.8 Å². The zero-order valence-corrected chi connectivity index (χ0v) is 17.2. The van der Waals surface area contributed by atoms with Crippen molar-refractivity contribution in [3.8, 4) is 0 Å². The third-order valence-electron chi connectivity index (χ3n) is 5.61. The van der Waals surface area contributed by atoms with Gasteiger partial charge in [-0.3, -0.25) is 4.99 Å². The van der Waals surface area contributed by atoms with Gasteiger partial charge in [0.1, 0.15) is 0 Å². The second-order valence-electron chi connectivity index (χ2n) is 8.28. The van der Waals surface area contributed by atoms with Crippen LogP contribution in [0.5, 0.6) is 0 Å². The van der Waals surface area contributed by atoms with Crippen LogP contribution in [-0.4, -0.2) is 57.7 Å². The Morgan fingerprint density at radius 3 is 2.48 bits per heavy atom. The van der Waals surface area contributed by atoms with Crippen LogP contribution in [0.15, 0.2) is 4.99 Å². The van der Waals surface area contributed by atoms with E-state index in [4.69, 9.17) is 0 Å². The summed E-state index contributed by atoms with van der Waals surface area (Å²) < 4.78 is 25.3. The number of aliphatic imine (C=N–C) groups is 1. The SMILES string of the molecule is CN=C(NC[C@H]1CCCN1S(C)(=O)=O)NCC1(CC(C)C)CCCC1. The van der Waals surface area contributed by atoms with E-state index in [9.17, 15) is 8.42 Å². The maximum Gasteiger partial charge on any atom is 0.211 e. The van der Waals surface area contributed by atoms with Crippen LogP contribution in [0.1, 0.15) is 58.8 Å². The number of hydrogen-bond donors (Lipinski definition) is 2. The van der Waals surface area contributed by atoms with Crippen molar-refractivity contribution in [1.82, 2.24) is 14.9 Å². The summed E-state index contributed by atoms with van der Waals surface area (Å²) in [5.74, 6) is 1.49. The Hall–Kier alpha value is -0.820. The number of nitrogens with one attached hydrogen (secondary N) is 2. The molecule has 1 atom stereocenters. The van der Waals surface area contributed by atoms with E-state index in [2.05, 4.69) is 29.5 Å². The van der Waals surface area contributed by atoms with Crippen molar-refractivity contribution in [3.05, 3.63) is 0 Å². The van der Waals surface area contributed by atoms with Gasteiger partial charge in [-0.25, -0.2) is 8.42 Å². The van der Waals surface area contributed by atoms with E-state index < -0.39 is 10.0 Å². The van der Waals surface area contributed by atoms with Gasteiger partial charge in [0.25, 0.3) is 0 Å². The fourth-order valence-electron chi connectivity index (χ4n) is 4.60. The maximum atomic E-state index is 11.9. The zero-order chi connectivity index (χ0) is 18.5. The molecule has 1 saturated carbocycles. The second-order valence-corrected chi connectivity index (χ2v) is 10.2. The first-order valence-electron chi connectivity index (χ1n) is 9.67. The van der Waals surface area contributed by atoms with Gasteiger partial charge < -0.3 is 10.6 Å². The minimum Gasteiger partial charge on any atom is -0.356 e. The third kappa shape index (κ3) is 5.84. The van der Waals surface area contributed by atoms with Crippen molar-refractivity contribution in [1.29, 1.82) is 0 Å². The lowest BCUT2D eigenvalue weighted by molar-refractivity contribution is 0.234. The average molecular weight is 373 g/mol. The van der Waals surface area contributed by atoms with Gasteiger partial charge in [-0.05, 0) is 43.4 Å². The van der Waals surface area contributed by atoms with Crippen molar-refractivity contribution < 1.29 is 8.42 Å². The third-order valence-corrected chi connectivity index (χ3v) is 6.95. The minimum absolute atomic E-state index is 0.0321. The highest BCUT2D eigenvalue weighted by molar-refractivity contribution is 7.88. The lowest BCUT2D eigenvalue weighted by Gasteiger charge is -2.32.